The van der Waals surface area contributed by atoms with Gasteiger partial charge in [0.1, 0.15) is 0 Å². The summed E-state index contributed by atoms with van der Waals surface area (Å²) in [7, 11) is 0. The van der Waals surface area contributed by atoms with Crippen molar-refractivity contribution in [3.63, 3.8) is 0 Å². The fourth-order valence-corrected chi connectivity index (χ4v) is 1.97. The van der Waals surface area contributed by atoms with Crippen molar-refractivity contribution >= 4 is 11.6 Å². The average Bonchev–Trinajstić information content (AvgIpc) is 2.26. The lowest BCUT2D eigenvalue weighted by atomic mass is 9.89. The highest BCUT2D eigenvalue weighted by Crippen LogP contribution is 2.39. The number of alkyl halides is 2. The molecule has 1 aromatic carbocycles. The molecule has 0 aromatic heterocycles. The Morgan fingerprint density at radius 3 is 2.83 bits per heavy atom. The van der Waals surface area contributed by atoms with Gasteiger partial charge >= 0.3 is 0 Å². The summed E-state index contributed by atoms with van der Waals surface area (Å²) in [5, 5.41) is 2.93. The fourth-order valence-electron chi connectivity index (χ4n) is 1.97. The van der Waals surface area contributed by atoms with Crippen molar-refractivity contribution in [1.82, 2.24) is 0 Å². The van der Waals surface area contributed by atoms with Crippen LogP contribution >= 0.6 is 0 Å². The third kappa shape index (κ3) is 3.18. The van der Waals surface area contributed by atoms with Crippen LogP contribution in [-0.2, 0) is 6.42 Å². The molecule has 5 heteroatoms. The first-order valence-electron chi connectivity index (χ1n) is 6.05. The Labute approximate surface area is 105 Å². The molecule has 0 atom stereocenters. The molecule has 0 saturated heterocycles. The zero-order valence-corrected chi connectivity index (χ0v) is 10.3. The van der Waals surface area contributed by atoms with Crippen molar-refractivity contribution in [2.75, 3.05) is 5.32 Å². The number of hydrogen-bond acceptors (Lipinski definition) is 1. The molecule has 1 fully saturated rings. The van der Waals surface area contributed by atoms with Crippen LogP contribution in [0, 0.1) is 0 Å². The van der Waals surface area contributed by atoms with Gasteiger partial charge in [0.2, 0.25) is 0 Å². The lowest BCUT2D eigenvalue weighted by molar-refractivity contribution is -0.0834. The molecule has 0 unspecified atom stereocenters. The second-order valence-electron chi connectivity index (χ2n) is 4.61. The van der Waals surface area contributed by atoms with Crippen LogP contribution in [0.15, 0.2) is 29.3 Å². The van der Waals surface area contributed by atoms with Crippen molar-refractivity contribution in [1.29, 1.82) is 0 Å². The number of nitrogens with zero attached hydrogens (tertiary/aromatic N) is 1. The van der Waals surface area contributed by atoms with Crippen molar-refractivity contribution in [2.24, 2.45) is 10.7 Å². The highest BCUT2D eigenvalue weighted by Gasteiger charge is 2.45. The first kappa shape index (κ1) is 12.8. The highest BCUT2D eigenvalue weighted by atomic mass is 19.3. The fraction of sp³-hybridized carbons (Fsp3) is 0.462. The third-order valence-electron chi connectivity index (χ3n) is 3.00. The normalized spacial score (nSPS) is 19.4. The van der Waals surface area contributed by atoms with E-state index in [1.54, 1.807) is 0 Å². The number of anilines is 1. The third-order valence-corrected chi connectivity index (χ3v) is 3.00. The van der Waals surface area contributed by atoms with Gasteiger partial charge < -0.3 is 11.1 Å². The molecule has 2 rings (SSSR count). The second kappa shape index (κ2) is 4.92. The van der Waals surface area contributed by atoms with E-state index in [0.29, 0.717) is 0 Å². The summed E-state index contributed by atoms with van der Waals surface area (Å²) in [5.41, 5.74) is 7.71. The molecular formula is C13H17F2N3. The van der Waals surface area contributed by atoms with Gasteiger partial charge in [0.15, 0.2) is 5.96 Å². The Kier molecular flexibility index (Phi) is 3.50. The molecule has 0 heterocycles. The molecule has 0 amide bonds. The van der Waals surface area contributed by atoms with E-state index in [4.69, 9.17) is 5.73 Å². The molecule has 1 aliphatic rings. The van der Waals surface area contributed by atoms with Crippen molar-refractivity contribution in [3.8, 4) is 0 Å². The number of hydrogen-bond donors (Lipinski definition) is 2. The van der Waals surface area contributed by atoms with Gasteiger partial charge in [-0.3, -0.25) is 0 Å². The Morgan fingerprint density at radius 1 is 1.50 bits per heavy atom. The summed E-state index contributed by atoms with van der Waals surface area (Å²) >= 11 is 0. The molecule has 1 aliphatic carbocycles. The molecule has 1 aromatic rings. The van der Waals surface area contributed by atoms with Crippen molar-refractivity contribution < 1.29 is 8.78 Å². The Hall–Kier alpha value is -1.65. The largest absolute Gasteiger partial charge is 0.370 e. The monoisotopic (exact) mass is 253 g/mol. The summed E-state index contributed by atoms with van der Waals surface area (Å²) in [6.45, 7) is 2.06. The number of guanidine groups is 1. The number of nitrogens with two attached hydrogens (primary N) is 1. The highest BCUT2D eigenvalue weighted by molar-refractivity contribution is 5.92. The first-order chi connectivity index (χ1) is 8.48. The minimum Gasteiger partial charge on any atom is -0.370 e. The predicted molar refractivity (Wildman–Crippen MR) is 69.0 cm³/mol. The number of halogens is 2. The predicted octanol–water partition coefficient (Wildman–Crippen LogP) is 2.77. The molecule has 18 heavy (non-hydrogen) atoms. The molecule has 3 N–H and O–H groups in total. The van der Waals surface area contributed by atoms with E-state index in [-0.39, 0.29) is 24.8 Å². The Morgan fingerprint density at radius 2 is 2.22 bits per heavy atom. The maximum absolute atomic E-state index is 12.6. The minimum absolute atomic E-state index is 0.198. The average molecular weight is 253 g/mol. The quantitative estimate of drug-likeness (QED) is 0.643. The van der Waals surface area contributed by atoms with Crippen LogP contribution in [0.2, 0.25) is 0 Å². The number of aryl methyl sites for hydroxylation is 1. The summed E-state index contributed by atoms with van der Waals surface area (Å²) in [6, 6.07) is 7.42. The topological polar surface area (TPSA) is 50.4 Å². The van der Waals surface area contributed by atoms with Gasteiger partial charge in [0.25, 0.3) is 5.92 Å². The van der Waals surface area contributed by atoms with Crippen molar-refractivity contribution in [2.45, 2.75) is 38.2 Å². The van der Waals surface area contributed by atoms with E-state index < -0.39 is 5.92 Å². The summed E-state index contributed by atoms with van der Waals surface area (Å²) in [5.74, 6) is -2.36. The molecule has 3 nitrogen and oxygen atoms in total. The zero-order chi connectivity index (χ0) is 13.2. The minimum atomic E-state index is -2.56. The van der Waals surface area contributed by atoms with Crippen LogP contribution in [0.5, 0.6) is 0 Å². The lowest BCUT2D eigenvalue weighted by Gasteiger charge is -2.32. The van der Waals surface area contributed by atoms with E-state index in [2.05, 4.69) is 17.2 Å². The van der Waals surface area contributed by atoms with Crippen LogP contribution in [-0.4, -0.2) is 17.9 Å². The molecule has 1 saturated carbocycles. The Balaban J connectivity index is 1.94. The maximum Gasteiger partial charge on any atom is 0.252 e. The lowest BCUT2D eigenvalue weighted by Crippen LogP contribution is -2.40. The number of benzene rings is 1. The van der Waals surface area contributed by atoms with E-state index >= 15 is 0 Å². The Bertz CT molecular complexity index is 449. The number of rotatable bonds is 3. The molecule has 0 spiro atoms. The van der Waals surface area contributed by atoms with Crippen molar-refractivity contribution in [3.05, 3.63) is 29.8 Å². The standard InChI is InChI=1S/C13H17F2N3/c1-2-9-4-3-5-10(6-9)17-12(16)18-11-7-13(14,15)8-11/h3-6,11H,2,7-8H2,1H3,(H3,16,17,18). The van der Waals surface area contributed by atoms with Crippen LogP contribution < -0.4 is 11.1 Å². The van der Waals surface area contributed by atoms with Gasteiger partial charge in [0.05, 0.1) is 6.04 Å². The summed E-state index contributed by atoms with van der Waals surface area (Å²) < 4.78 is 25.3. The molecular weight excluding hydrogens is 236 g/mol. The summed E-state index contributed by atoms with van der Waals surface area (Å²) in [4.78, 5) is 4.03. The van der Waals surface area contributed by atoms with Gasteiger partial charge in [0, 0.05) is 18.5 Å². The van der Waals surface area contributed by atoms with Crippen LogP contribution in [0.1, 0.15) is 25.3 Å². The smallest absolute Gasteiger partial charge is 0.252 e. The van der Waals surface area contributed by atoms with Crippen LogP contribution in [0.3, 0.4) is 0 Å². The first-order valence-corrected chi connectivity index (χ1v) is 6.05. The molecule has 0 radical (unpaired) electrons. The van der Waals surface area contributed by atoms with Gasteiger partial charge in [-0.05, 0) is 24.1 Å². The summed E-state index contributed by atoms with van der Waals surface area (Å²) in [6.07, 6.45) is 0.524. The van der Waals surface area contributed by atoms with E-state index in [9.17, 15) is 8.78 Å². The molecule has 98 valence electrons. The zero-order valence-electron chi connectivity index (χ0n) is 10.3. The van der Waals surface area contributed by atoms with Crippen LogP contribution in [0.4, 0.5) is 14.5 Å². The van der Waals surface area contributed by atoms with E-state index in [0.717, 1.165) is 12.1 Å². The van der Waals surface area contributed by atoms with Gasteiger partial charge in [-0.1, -0.05) is 19.1 Å². The SMILES string of the molecule is CCc1cccc(NC(N)=NC2CC(F)(F)C2)c1. The second-order valence-corrected chi connectivity index (χ2v) is 4.61. The van der Waals surface area contributed by atoms with Crippen LogP contribution in [0.25, 0.3) is 0 Å². The number of aliphatic imine (C=N–C) groups is 1. The molecule has 0 aliphatic heterocycles. The van der Waals surface area contributed by atoms with E-state index in [1.165, 1.54) is 5.56 Å². The van der Waals surface area contributed by atoms with Gasteiger partial charge in [-0.25, -0.2) is 13.8 Å². The van der Waals surface area contributed by atoms with Gasteiger partial charge in [-0.15, -0.1) is 0 Å². The van der Waals surface area contributed by atoms with Gasteiger partial charge in [-0.2, -0.15) is 0 Å². The maximum atomic E-state index is 12.6. The molecule has 0 bridgehead atoms. The number of nitrogens with one attached hydrogen (secondary N) is 1. The van der Waals surface area contributed by atoms with E-state index in [1.807, 2.05) is 24.3 Å².